The summed E-state index contributed by atoms with van der Waals surface area (Å²) in [6.45, 7) is 0.381. The maximum absolute atomic E-state index is 13.4. The molecule has 2 bridgehead atoms. The van der Waals surface area contributed by atoms with Crippen LogP contribution >= 0.6 is 0 Å². The van der Waals surface area contributed by atoms with E-state index in [-0.39, 0.29) is 54.1 Å². The highest BCUT2D eigenvalue weighted by atomic mass is 16.5. The third kappa shape index (κ3) is 3.38. The molecule has 3 unspecified atom stereocenters. The molecule has 4 aliphatic rings. The molecule has 0 aromatic heterocycles. The SMILES string of the molecule is COc1ccc(N2CC(C(=O)N3C4CCC3CC(N3C(=O)CCC3=O)C4)CC2=O)cc1. The number of ether oxygens (including phenoxy) is 1. The van der Waals surface area contributed by atoms with E-state index in [9.17, 15) is 19.2 Å². The summed E-state index contributed by atoms with van der Waals surface area (Å²) in [5.41, 5.74) is 0.772. The maximum Gasteiger partial charge on any atom is 0.229 e. The molecule has 8 nitrogen and oxygen atoms in total. The number of methoxy groups -OCH3 is 1. The molecule has 0 saturated carbocycles. The Balaban J connectivity index is 1.27. The van der Waals surface area contributed by atoms with Crippen molar-refractivity contribution in [3.8, 4) is 5.75 Å². The van der Waals surface area contributed by atoms with Crippen molar-refractivity contribution in [2.75, 3.05) is 18.6 Å². The topological polar surface area (TPSA) is 87.2 Å². The van der Waals surface area contributed by atoms with Gasteiger partial charge in [0.2, 0.25) is 23.6 Å². The van der Waals surface area contributed by atoms with Crippen LogP contribution in [0.5, 0.6) is 5.75 Å². The van der Waals surface area contributed by atoms with Crippen LogP contribution in [0.4, 0.5) is 5.69 Å². The normalized spacial score (nSPS) is 30.5. The summed E-state index contributed by atoms with van der Waals surface area (Å²) in [4.78, 5) is 55.5. The zero-order chi connectivity index (χ0) is 21.7. The molecule has 4 aliphatic heterocycles. The Kier molecular flexibility index (Phi) is 4.95. The van der Waals surface area contributed by atoms with Crippen molar-refractivity contribution >= 4 is 29.3 Å². The lowest BCUT2D eigenvalue weighted by Crippen LogP contribution is -2.55. The summed E-state index contributed by atoms with van der Waals surface area (Å²) in [5.74, 6) is 0.200. The molecule has 1 aromatic carbocycles. The number of likely N-dealkylation sites (tertiary alicyclic amines) is 1. The monoisotopic (exact) mass is 425 g/mol. The summed E-state index contributed by atoms with van der Waals surface area (Å²) in [7, 11) is 1.59. The second-order valence-electron chi connectivity index (χ2n) is 9.02. The largest absolute Gasteiger partial charge is 0.497 e. The van der Waals surface area contributed by atoms with Crippen molar-refractivity contribution in [3.05, 3.63) is 24.3 Å². The fraction of sp³-hybridized carbons (Fsp3) is 0.565. The Bertz CT molecular complexity index is 900. The van der Waals surface area contributed by atoms with Gasteiger partial charge in [-0.05, 0) is 49.9 Å². The highest BCUT2D eigenvalue weighted by Crippen LogP contribution is 2.41. The number of hydrogen-bond acceptors (Lipinski definition) is 5. The average molecular weight is 425 g/mol. The first-order chi connectivity index (χ1) is 15.0. The second kappa shape index (κ2) is 7.66. The molecule has 3 atom stereocenters. The van der Waals surface area contributed by atoms with E-state index in [1.807, 2.05) is 29.2 Å². The Morgan fingerprint density at radius 3 is 2.10 bits per heavy atom. The number of benzene rings is 1. The highest BCUT2D eigenvalue weighted by Gasteiger charge is 2.50. The summed E-state index contributed by atoms with van der Waals surface area (Å²) in [6.07, 6.45) is 3.92. The van der Waals surface area contributed by atoms with Gasteiger partial charge in [0.15, 0.2) is 0 Å². The number of rotatable bonds is 4. The summed E-state index contributed by atoms with van der Waals surface area (Å²) in [6, 6.07) is 7.29. The smallest absolute Gasteiger partial charge is 0.229 e. The number of hydrogen-bond donors (Lipinski definition) is 0. The van der Waals surface area contributed by atoms with Crippen molar-refractivity contribution in [3.63, 3.8) is 0 Å². The number of fused-ring (bicyclic) bond motifs is 2. The number of carbonyl (C=O) groups excluding carboxylic acids is 4. The van der Waals surface area contributed by atoms with Gasteiger partial charge in [0.1, 0.15) is 5.75 Å². The summed E-state index contributed by atoms with van der Waals surface area (Å²) >= 11 is 0. The van der Waals surface area contributed by atoms with Gasteiger partial charge >= 0.3 is 0 Å². The van der Waals surface area contributed by atoms with Gasteiger partial charge in [-0.1, -0.05) is 0 Å². The van der Waals surface area contributed by atoms with E-state index in [4.69, 9.17) is 4.74 Å². The van der Waals surface area contributed by atoms with Gasteiger partial charge in [0.05, 0.1) is 13.0 Å². The molecule has 0 N–H and O–H groups in total. The van der Waals surface area contributed by atoms with Crippen molar-refractivity contribution < 1.29 is 23.9 Å². The fourth-order valence-electron chi connectivity index (χ4n) is 5.82. The van der Waals surface area contributed by atoms with E-state index in [0.29, 0.717) is 32.2 Å². The molecule has 8 heteroatoms. The molecule has 4 fully saturated rings. The molecule has 4 saturated heterocycles. The van der Waals surface area contributed by atoms with Crippen LogP contribution in [0, 0.1) is 5.92 Å². The van der Waals surface area contributed by atoms with E-state index in [1.54, 1.807) is 12.0 Å². The molecule has 4 heterocycles. The first-order valence-corrected chi connectivity index (χ1v) is 11.1. The summed E-state index contributed by atoms with van der Waals surface area (Å²) in [5, 5.41) is 0. The predicted octanol–water partition coefficient (Wildman–Crippen LogP) is 1.72. The third-order valence-electron chi connectivity index (χ3n) is 7.28. The molecule has 4 amide bonds. The minimum atomic E-state index is -0.357. The first-order valence-electron chi connectivity index (χ1n) is 11.1. The number of piperidine rings is 1. The van der Waals surface area contributed by atoms with Gasteiger partial charge < -0.3 is 14.5 Å². The fourth-order valence-corrected chi connectivity index (χ4v) is 5.82. The molecule has 1 aromatic rings. The van der Waals surface area contributed by atoms with Crippen molar-refractivity contribution in [2.45, 2.75) is 63.1 Å². The number of anilines is 1. The Hall–Kier alpha value is -2.90. The minimum Gasteiger partial charge on any atom is -0.497 e. The number of imide groups is 1. The average Bonchev–Trinajstić information content (AvgIpc) is 3.40. The lowest BCUT2D eigenvalue weighted by molar-refractivity contribution is -0.146. The molecular weight excluding hydrogens is 398 g/mol. The van der Waals surface area contributed by atoms with Crippen LogP contribution in [0.15, 0.2) is 24.3 Å². The van der Waals surface area contributed by atoms with Crippen LogP contribution in [0.25, 0.3) is 0 Å². The quantitative estimate of drug-likeness (QED) is 0.686. The molecule has 5 rings (SSSR count). The van der Waals surface area contributed by atoms with Crippen LogP contribution in [-0.4, -0.2) is 65.2 Å². The van der Waals surface area contributed by atoms with Crippen molar-refractivity contribution in [2.24, 2.45) is 5.92 Å². The minimum absolute atomic E-state index is 0.0365. The predicted molar refractivity (Wildman–Crippen MR) is 111 cm³/mol. The van der Waals surface area contributed by atoms with Gasteiger partial charge in [0, 0.05) is 49.6 Å². The zero-order valence-corrected chi connectivity index (χ0v) is 17.7. The molecule has 31 heavy (non-hydrogen) atoms. The molecule has 0 aliphatic carbocycles. The molecule has 0 spiro atoms. The summed E-state index contributed by atoms with van der Waals surface area (Å²) < 4.78 is 5.18. The Labute approximate surface area is 181 Å². The van der Waals surface area contributed by atoms with Crippen LogP contribution < -0.4 is 9.64 Å². The van der Waals surface area contributed by atoms with Gasteiger partial charge in [-0.25, -0.2) is 0 Å². The van der Waals surface area contributed by atoms with Gasteiger partial charge in [0.25, 0.3) is 0 Å². The van der Waals surface area contributed by atoms with Gasteiger partial charge in [-0.2, -0.15) is 0 Å². The van der Waals surface area contributed by atoms with E-state index in [1.165, 1.54) is 4.90 Å². The van der Waals surface area contributed by atoms with Crippen molar-refractivity contribution in [1.29, 1.82) is 0 Å². The van der Waals surface area contributed by atoms with Gasteiger partial charge in [-0.3, -0.25) is 24.1 Å². The number of nitrogens with zero attached hydrogens (tertiary/aromatic N) is 3. The van der Waals surface area contributed by atoms with Crippen LogP contribution in [-0.2, 0) is 19.2 Å². The van der Waals surface area contributed by atoms with E-state index in [2.05, 4.69) is 0 Å². The van der Waals surface area contributed by atoms with E-state index < -0.39 is 0 Å². The highest BCUT2D eigenvalue weighted by molar-refractivity contribution is 6.02. The first kappa shape index (κ1) is 20.0. The lowest BCUT2D eigenvalue weighted by atomic mass is 9.94. The maximum atomic E-state index is 13.4. The standard InChI is InChI=1S/C23H27N3O5/c1-31-19-6-4-15(5-7-19)24-13-14(10-22(24)29)23(30)25-16-2-3-17(25)12-18(11-16)26-20(27)8-9-21(26)28/h4-7,14,16-18H,2-3,8-13H2,1H3. The van der Waals surface area contributed by atoms with Crippen LogP contribution in [0.2, 0.25) is 0 Å². The van der Waals surface area contributed by atoms with E-state index in [0.717, 1.165) is 24.3 Å². The van der Waals surface area contributed by atoms with Crippen molar-refractivity contribution in [1.82, 2.24) is 9.80 Å². The number of amides is 4. The van der Waals surface area contributed by atoms with Crippen LogP contribution in [0.3, 0.4) is 0 Å². The third-order valence-corrected chi connectivity index (χ3v) is 7.28. The molecular formula is C23H27N3O5. The zero-order valence-electron chi connectivity index (χ0n) is 17.7. The van der Waals surface area contributed by atoms with E-state index >= 15 is 0 Å². The Morgan fingerprint density at radius 2 is 1.52 bits per heavy atom. The molecule has 0 radical (unpaired) electrons. The second-order valence-corrected chi connectivity index (χ2v) is 9.02. The molecule has 164 valence electrons. The number of carbonyl (C=O) groups is 4. The lowest BCUT2D eigenvalue weighted by Gasteiger charge is -2.42. The van der Waals surface area contributed by atoms with Crippen LogP contribution in [0.1, 0.15) is 44.9 Å². The Morgan fingerprint density at radius 1 is 0.903 bits per heavy atom. The van der Waals surface area contributed by atoms with Gasteiger partial charge in [-0.15, -0.1) is 0 Å².